The lowest BCUT2D eigenvalue weighted by molar-refractivity contribution is -0.120. The smallest absolute Gasteiger partial charge is 0.240 e. The lowest BCUT2D eigenvalue weighted by Gasteiger charge is -2.24. The van der Waals surface area contributed by atoms with E-state index in [0.29, 0.717) is 5.69 Å². The Morgan fingerprint density at radius 3 is 2.43 bits per heavy atom. The molecule has 1 N–H and O–H groups in total. The zero-order valence-corrected chi connectivity index (χ0v) is 15.0. The first-order valence-electron chi connectivity index (χ1n) is 6.64. The molecule has 1 aromatic carbocycles. The van der Waals surface area contributed by atoms with Crippen LogP contribution in [0.4, 0.5) is 5.69 Å². The summed E-state index contributed by atoms with van der Waals surface area (Å²) in [5, 5.41) is 2.81. The van der Waals surface area contributed by atoms with E-state index in [4.69, 9.17) is 0 Å². The SMILES string of the molecule is CC(C)C(C)NC(=O)CN(c1cccc(Br)c1)S(C)(=O)=O. The molecule has 5 nitrogen and oxygen atoms in total. The maximum Gasteiger partial charge on any atom is 0.240 e. The Morgan fingerprint density at radius 2 is 1.95 bits per heavy atom. The molecule has 0 aromatic heterocycles. The zero-order valence-electron chi connectivity index (χ0n) is 12.6. The summed E-state index contributed by atoms with van der Waals surface area (Å²) in [5.41, 5.74) is 0.458. The van der Waals surface area contributed by atoms with E-state index in [1.54, 1.807) is 24.3 Å². The molecule has 118 valence electrons. The second-order valence-electron chi connectivity index (χ2n) is 5.35. The molecule has 0 bridgehead atoms. The minimum absolute atomic E-state index is 0.0126. The van der Waals surface area contributed by atoms with Crippen LogP contribution in [0.3, 0.4) is 0 Å². The van der Waals surface area contributed by atoms with Crippen LogP contribution in [-0.2, 0) is 14.8 Å². The van der Waals surface area contributed by atoms with Crippen molar-refractivity contribution in [3.05, 3.63) is 28.7 Å². The molecular weight excluding hydrogens is 356 g/mol. The summed E-state index contributed by atoms with van der Waals surface area (Å²) in [6.45, 7) is 5.65. The van der Waals surface area contributed by atoms with Gasteiger partial charge in [0.1, 0.15) is 6.54 Å². The first-order valence-corrected chi connectivity index (χ1v) is 9.28. The van der Waals surface area contributed by atoms with E-state index in [-0.39, 0.29) is 24.4 Å². The van der Waals surface area contributed by atoms with Crippen molar-refractivity contribution in [3.8, 4) is 0 Å². The van der Waals surface area contributed by atoms with Gasteiger partial charge in [-0.05, 0) is 31.0 Å². The van der Waals surface area contributed by atoms with Gasteiger partial charge in [-0.1, -0.05) is 35.8 Å². The minimum Gasteiger partial charge on any atom is -0.352 e. The van der Waals surface area contributed by atoms with Crippen molar-refractivity contribution < 1.29 is 13.2 Å². The fraction of sp³-hybridized carbons (Fsp3) is 0.500. The van der Waals surface area contributed by atoms with Gasteiger partial charge < -0.3 is 5.32 Å². The van der Waals surface area contributed by atoms with Gasteiger partial charge in [-0.25, -0.2) is 8.42 Å². The summed E-state index contributed by atoms with van der Waals surface area (Å²) >= 11 is 3.30. The fourth-order valence-electron chi connectivity index (χ4n) is 1.63. The quantitative estimate of drug-likeness (QED) is 0.828. The predicted molar refractivity (Wildman–Crippen MR) is 88.8 cm³/mol. The van der Waals surface area contributed by atoms with E-state index < -0.39 is 10.0 Å². The lowest BCUT2D eigenvalue weighted by Crippen LogP contribution is -2.44. The second-order valence-corrected chi connectivity index (χ2v) is 8.17. The molecule has 1 unspecified atom stereocenters. The van der Waals surface area contributed by atoms with Gasteiger partial charge in [-0.3, -0.25) is 9.10 Å². The van der Waals surface area contributed by atoms with Crippen molar-refractivity contribution in [1.82, 2.24) is 5.32 Å². The van der Waals surface area contributed by atoms with Gasteiger partial charge in [0, 0.05) is 10.5 Å². The van der Waals surface area contributed by atoms with Crippen molar-refractivity contribution in [2.45, 2.75) is 26.8 Å². The topological polar surface area (TPSA) is 66.5 Å². The average Bonchev–Trinajstić information content (AvgIpc) is 2.34. The molecule has 1 amide bonds. The number of rotatable bonds is 6. The third-order valence-corrected chi connectivity index (χ3v) is 4.81. The van der Waals surface area contributed by atoms with Crippen molar-refractivity contribution in [1.29, 1.82) is 0 Å². The van der Waals surface area contributed by atoms with Crippen LogP contribution in [0.15, 0.2) is 28.7 Å². The predicted octanol–water partition coefficient (Wildman–Crippen LogP) is 2.38. The Morgan fingerprint density at radius 1 is 1.33 bits per heavy atom. The van der Waals surface area contributed by atoms with Crippen LogP contribution in [0.5, 0.6) is 0 Å². The molecule has 0 spiro atoms. The van der Waals surface area contributed by atoms with Crippen LogP contribution in [0.1, 0.15) is 20.8 Å². The fourth-order valence-corrected chi connectivity index (χ4v) is 2.86. The molecule has 1 rings (SSSR count). The number of hydrogen-bond donors (Lipinski definition) is 1. The third kappa shape index (κ3) is 5.67. The summed E-state index contributed by atoms with van der Waals surface area (Å²) in [5.74, 6) is -0.0342. The summed E-state index contributed by atoms with van der Waals surface area (Å²) in [6.07, 6.45) is 1.09. The summed E-state index contributed by atoms with van der Waals surface area (Å²) in [6, 6.07) is 6.84. The van der Waals surface area contributed by atoms with Gasteiger partial charge in [-0.15, -0.1) is 0 Å². The van der Waals surface area contributed by atoms with Crippen LogP contribution in [-0.4, -0.2) is 33.2 Å². The molecule has 0 saturated carbocycles. The average molecular weight is 377 g/mol. The van der Waals surface area contributed by atoms with Crippen molar-refractivity contribution in [2.24, 2.45) is 5.92 Å². The Labute approximate surface area is 134 Å². The largest absolute Gasteiger partial charge is 0.352 e. The number of sulfonamides is 1. The number of carbonyl (C=O) groups is 1. The number of amides is 1. The van der Waals surface area contributed by atoms with Crippen LogP contribution in [0.2, 0.25) is 0 Å². The maximum absolute atomic E-state index is 12.0. The first kappa shape index (κ1) is 18.0. The van der Waals surface area contributed by atoms with Gasteiger partial charge >= 0.3 is 0 Å². The number of halogens is 1. The van der Waals surface area contributed by atoms with Crippen molar-refractivity contribution >= 4 is 37.5 Å². The first-order chi connectivity index (χ1) is 9.61. The molecule has 21 heavy (non-hydrogen) atoms. The molecule has 1 aromatic rings. The van der Waals surface area contributed by atoms with Crippen LogP contribution < -0.4 is 9.62 Å². The molecular formula is C14H21BrN2O3S. The Balaban J connectivity index is 2.94. The van der Waals surface area contributed by atoms with Gasteiger partial charge in [-0.2, -0.15) is 0 Å². The standard InChI is InChI=1S/C14H21BrN2O3S/c1-10(2)11(3)16-14(18)9-17(21(4,19)20)13-7-5-6-12(15)8-13/h5-8,10-11H,9H2,1-4H3,(H,16,18). The minimum atomic E-state index is -3.53. The molecule has 0 aliphatic rings. The van der Waals surface area contributed by atoms with Gasteiger partial charge in [0.25, 0.3) is 0 Å². The summed E-state index contributed by atoms with van der Waals surface area (Å²) in [7, 11) is -3.53. The third-order valence-electron chi connectivity index (χ3n) is 3.17. The molecule has 0 saturated heterocycles. The molecule has 0 fully saturated rings. The molecule has 0 aliphatic carbocycles. The molecule has 1 atom stereocenters. The Hall–Kier alpha value is -1.08. The number of nitrogens with one attached hydrogen (secondary N) is 1. The number of carbonyl (C=O) groups excluding carboxylic acids is 1. The normalized spacial score (nSPS) is 13.0. The van der Waals surface area contributed by atoms with Crippen molar-refractivity contribution in [3.63, 3.8) is 0 Å². The van der Waals surface area contributed by atoms with Gasteiger partial charge in [0.05, 0.1) is 11.9 Å². The van der Waals surface area contributed by atoms with Crippen molar-refractivity contribution in [2.75, 3.05) is 17.1 Å². The van der Waals surface area contributed by atoms with E-state index in [9.17, 15) is 13.2 Å². The maximum atomic E-state index is 12.0. The molecule has 0 heterocycles. The van der Waals surface area contributed by atoms with E-state index in [0.717, 1.165) is 15.0 Å². The molecule has 0 radical (unpaired) electrons. The highest BCUT2D eigenvalue weighted by Crippen LogP contribution is 2.21. The van der Waals surface area contributed by atoms with Crippen LogP contribution in [0, 0.1) is 5.92 Å². The Bertz CT molecular complexity index is 602. The van der Waals surface area contributed by atoms with Crippen LogP contribution in [0.25, 0.3) is 0 Å². The van der Waals surface area contributed by atoms with E-state index in [1.165, 1.54) is 0 Å². The highest BCUT2D eigenvalue weighted by Gasteiger charge is 2.22. The number of benzene rings is 1. The highest BCUT2D eigenvalue weighted by molar-refractivity contribution is 9.10. The second kappa shape index (κ2) is 7.26. The van der Waals surface area contributed by atoms with Crippen LogP contribution >= 0.6 is 15.9 Å². The van der Waals surface area contributed by atoms with E-state index in [1.807, 2.05) is 20.8 Å². The van der Waals surface area contributed by atoms with E-state index in [2.05, 4.69) is 21.2 Å². The highest BCUT2D eigenvalue weighted by atomic mass is 79.9. The summed E-state index contributed by atoms with van der Waals surface area (Å²) < 4.78 is 25.7. The zero-order chi connectivity index (χ0) is 16.2. The number of nitrogens with zero attached hydrogens (tertiary/aromatic N) is 1. The molecule has 7 heteroatoms. The monoisotopic (exact) mass is 376 g/mol. The Kier molecular flexibility index (Phi) is 6.22. The number of anilines is 1. The molecule has 0 aliphatic heterocycles. The van der Waals surface area contributed by atoms with E-state index >= 15 is 0 Å². The van der Waals surface area contributed by atoms with Gasteiger partial charge in [0.15, 0.2) is 0 Å². The summed E-state index contributed by atoms with van der Waals surface area (Å²) in [4.78, 5) is 12.0. The lowest BCUT2D eigenvalue weighted by atomic mass is 10.1. The van der Waals surface area contributed by atoms with Gasteiger partial charge in [0.2, 0.25) is 15.9 Å². The number of hydrogen-bond acceptors (Lipinski definition) is 3.